The fourth-order valence-corrected chi connectivity index (χ4v) is 2.85. The Morgan fingerprint density at radius 2 is 1.91 bits per heavy atom. The van der Waals surface area contributed by atoms with E-state index in [9.17, 15) is 4.79 Å². The van der Waals surface area contributed by atoms with Crippen LogP contribution in [0.4, 0.5) is 5.69 Å². The lowest BCUT2D eigenvalue weighted by molar-refractivity contribution is -0.116. The number of hydrogen-bond acceptors (Lipinski definition) is 2. The molecular weight excluding hydrogens is 342 g/mol. The number of para-hydroxylation sites is 3. The fourth-order valence-electron chi connectivity index (χ4n) is 2.47. The van der Waals surface area contributed by atoms with E-state index in [1.807, 2.05) is 60.0 Å². The number of amides is 1. The maximum atomic E-state index is 12.4. The van der Waals surface area contributed by atoms with Gasteiger partial charge in [-0.25, -0.2) is 4.98 Å². The van der Waals surface area contributed by atoms with Crippen molar-refractivity contribution in [3.8, 4) is 0 Å². The largest absolute Gasteiger partial charge is 0.324 e. The monoisotopic (exact) mass is 357 g/mol. The van der Waals surface area contributed by atoms with E-state index in [1.165, 1.54) is 0 Å². The molecule has 1 aromatic heterocycles. The van der Waals surface area contributed by atoms with Gasteiger partial charge in [0.1, 0.15) is 12.4 Å². The van der Waals surface area contributed by atoms with Gasteiger partial charge in [0.15, 0.2) is 0 Å². The molecule has 3 aromatic rings. The second kappa shape index (κ2) is 6.32. The van der Waals surface area contributed by atoms with E-state index in [0.717, 1.165) is 33.4 Å². The average Bonchev–Trinajstić information content (AvgIpc) is 2.87. The van der Waals surface area contributed by atoms with Crippen LogP contribution in [-0.2, 0) is 17.8 Å². The number of hydrogen-bond donors (Lipinski definition) is 1. The minimum absolute atomic E-state index is 0.0650. The predicted molar refractivity (Wildman–Crippen MR) is 91.9 cm³/mol. The zero-order valence-corrected chi connectivity index (χ0v) is 13.8. The van der Waals surface area contributed by atoms with Crippen molar-refractivity contribution in [2.45, 2.75) is 19.9 Å². The summed E-state index contributed by atoms with van der Waals surface area (Å²) < 4.78 is 2.84. The molecule has 3 rings (SSSR count). The van der Waals surface area contributed by atoms with Crippen molar-refractivity contribution >= 4 is 38.6 Å². The third-order valence-corrected chi connectivity index (χ3v) is 4.19. The van der Waals surface area contributed by atoms with Crippen molar-refractivity contribution in [3.63, 3.8) is 0 Å². The maximum absolute atomic E-state index is 12.4. The van der Waals surface area contributed by atoms with E-state index in [1.54, 1.807) is 0 Å². The highest BCUT2D eigenvalue weighted by atomic mass is 79.9. The molecule has 112 valence electrons. The molecule has 4 nitrogen and oxygen atoms in total. The quantitative estimate of drug-likeness (QED) is 0.766. The molecule has 0 saturated heterocycles. The smallest absolute Gasteiger partial charge is 0.244 e. The maximum Gasteiger partial charge on any atom is 0.244 e. The van der Waals surface area contributed by atoms with Crippen molar-refractivity contribution in [1.82, 2.24) is 9.55 Å². The zero-order valence-electron chi connectivity index (χ0n) is 12.2. The topological polar surface area (TPSA) is 46.9 Å². The standard InChI is InChI=1S/C17H16BrN3O/c1-2-16-19-14-9-5-6-10-15(14)21(16)11-17(22)20-13-8-4-3-7-12(13)18/h3-10H,2,11H2,1H3,(H,20,22). The van der Waals surface area contributed by atoms with Crippen LogP contribution in [0, 0.1) is 0 Å². The van der Waals surface area contributed by atoms with Gasteiger partial charge >= 0.3 is 0 Å². The third kappa shape index (κ3) is 2.90. The lowest BCUT2D eigenvalue weighted by Crippen LogP contribution is -2.20. The second-order valence-electron chi connectivity index (χ2n) is 4.98. The van der Waals surface area contributed by atoms with Crippen molar-refractivity contribution < 1.29 is 4.79 Å². The van der Waals surface area contributed by atoms with E-state index >= 15 is 0 Å². The van der Waals surface area contributed by atoms with Crippen molar-refractivity contribution in [2.75, 3.05) is 5.32 Å². The number of aromatic nitrogens is 2. The number of carbonyl (C=O) groups is 1. The highest BCUT2D eigenvalue weighted by molar-refractivity contribution is 9.10. The van der Waals surface area contributed by atoms with Gasteiger partial charge in [-0.1, -0.05) is 31.2 Å². The molecule has 0 atom stereocenters. The number of benzene rings is 2. The van der Waals surface area contributed by atoms with Crippen LogP contribution in [0.25, 0.3) is 11.0 Å². The zero-order chi connectivity index (χ0) is 15.5. The number of imidazole rings is 1. The Morgan fingerprint density at radius 1 is 1.18 bits per heavy atom. The first-order chi connectivity index (χ1) is 10.7. The molecule has 1 heterocycles. The Hall–Kier alpha value is -2.14. The van der Waals surface area contributed by atoms with Gasteiger partial charge < -0.3 is 9.88 Å². The number of carbonyl (C=O) groups excluding carboxylic acids is 1. The molecule has 0 aliphatic heterocycles. The van der Waals surface area contributed by atoms with Crippen LogP contribution in [0.15, 0.2) is 53.0 Å². The SMILES string of the molecule is CCc1nc2ccccc2n1CC(=O)Nc1ccccc1Br. The van der Waals surface area contributed by atoms with E-state index < -0.39 is 0 Å². The summed E-state index contributed by atoms with van der Waals surface area (Å²) in [4.78, 5) is 16.9. The Morgan fingerprint density at radius 3 is 2.68 bits per heavy atom. The van der Waals surface area contributed by atoms with Crippen LogP contribution in [0.5, 0.6) is 0 Å². The molecule has 0 spiro atoms. The van der Waals surface area contributed by atoms with Gasteiger partial charge in [-0.05, 0) is 40.2 Å². The van der Waals surface area contributed by atoms with E-state index in [-0.39, 0.29) is 12.5 Å². The van der Waals surface area contributed by atoms with Crippen molar-refractivity contribution in [1.29, 1.82) is 0 Å². The molecule has 0 radical (unpaired) electrons. The summed E-state index contributed by atoms with van der Waals surface area (Å²) in [5.74, 6) is 0.855. The molecule has 1 amide bonds. The summed E-state index contributed by atoms with van der Waals surface area (Å²) >= 11 is 3.44. The molecule has 0 aliphatic rings. The van der Waals surface area contributed by atoms with Crippen LogP contribution >= 0.6 is 15.9 Å². The van der Waals surface area contributed by atoms with Crippen LogP contribution in [-0.4, -0.2) is 15.5 Å². The van der Waals surface area contributed by atoms with Gasteiger partial charge in [0, 0.05) is 10.9 Å². The van der Waals surface area contributed by atoms with E-state index in [4.69, 9.17) is 0 Å². The summed E-state index contributed by atoms with van der Waals surface area (Å²) in [7, 11) is 0. The molecule has 0 bridgehead atoms. The minimum atomic E-state index is -0.0650. The number of anilines is 1. The van der Waals surface area contributed by atoms with Crippen LogP contribution in [0.3, 0.4) is 0 Å². The Labute approximate surface area is 137 Å². The highest BCUT2D eigenvalue weighted by Crippen LogP contribution is 2.22. The summed E-state index contributed by atoms with van der Waals surface area (Å²) in [5.41, 5.74) is 2.68. The molecule has 2 aromatic carbocycles. The summed E-state index contributed by atoms with van der Waals surface area (Å²) in [6.45, 7) is 2.30. The Kier molecular flexibility index (Phi) is 4.24. The predicted octanol–water partition coefficient (Wildman–Crippen LogP) is 4.00. The lowest BCUT2D eigenvalue weighted by Gasteiger charge is -2.10. The van der Waals surface area contributed by atoms with E-state index in [0.29, 0.717) is 0 Å². The molecule has 0 fully saturated rings. The average molecular weight is 358 g/mol. The Balaban J connectivity index is 1.86. The summed E-state index contributed by atoms with van der Waals surface area (Å²) in [6.07, 6.45) is 0.789. The summed E-state index contributed by atoms with van der Waals surface area (Å²) in [5, 5.41) is 2.93. The molecule has 22 heavy (non-hydrogen) atoms. The Bertz CT molecular complexity index is 826. The molecule has 5 heteroatoms. The molecule has 0 aliphatic carbocycles. The minimum Gasteiger partial charge on any atom is -0.324 e. The van der Waals surface area contributed by atoms with Gasteiger partial charge in [-0.15, -0.1) is 0 Å². The number of rotatable bonds is 4. The van der Waals surface area contributed by atoms with Crippen molar-refractivity contribution in [2.24, 2.45) is 0 Å². The van der Waals surface area contributed by atoms with Crippen molar-refractivity contribution in [3.05, 3.63) is 58.8 Å². The van der Waals surface area contributed by atoms with Gasteiger partial charge in [0.05, 0.1) is 16.7 Å². The summed E-state index contributed by atoms with van der Waals surface area (Å²) in [6, 6.07) is 15.5. The van der Waals surface area contributed by atoms with E-state index in [2.05, 4.69) is 26.2 Å². The first-order valence-electron chi connectivity index (χ1n) is 7.17. The fraction of sp³-hybridized carbons (Fsp3) is 0.176. The highest BCUT2D eigenvalue weighted by Gasteiger charge is 2.13. The molecule has 0 unspecified atom stereocenters. The number of halogens is 1. The van der Waals surface area contributed by atoms with Crippen LogP contribution < -0.4 is 5.32 Å². The van der Waals surface area contributed by atoms with Gasteiger partial charge in [0.2, 0.25) is 5.91 Å². The first kappa shape index (κ1) is 14.8. The third-order valence-electron chi connectivity index (χ3n) is 3.50. The van der Waals surface area contributed by atoms with Gasteiger partial charge in [0.25, 0.3) is 0 Å². The molecule has 0 saturated carbocycles. The molecular formula is C17H16BrN3O. The number of nitrogens with zero attached hydrogens (tertiary/aromatic N) is 2. The number of aryl methyl sites for hydroxylation is 1. The van der Waals surface area contributed by atoms with Crippen LogP contribution in [0.2, 0.25) is 0 Å². The normalized spacial score (nSPS) is 10.8. The van der Waals surface area contributed by atoms with Gasteiger partial charge in [-0.2, -0.15) is 0 Å². The van der Waals surface area contributed by atoms with Crippen LogP contribution in [0.1, 0.15) is 12.7 Å². The van der Waals surface area contributed by atoms with Gasteiger partial charge in [-0.3, -0.25) is 4.79 Å². The lowest BCUT2D eigenvalue weighted by atomic mass is 10.3. The first-order valence-corrected chi connectivity index (χ1v) is 7.97. The number of fused-ring (bicyclic) bond motifs is 1. The second-order valence-corrected chi connectivity index (χ2v) is 5.84. The number of nitrogens with one attached hydrogen (secondary N) is 1. The molecule has 1 N–H and O–H groups in total.